The van der Waals surface area contributed by atoms with Crippen LogP contribution in [0.2, 0.25) is 0 Å². The van der Waals surface area contributed by atoms with Gasteiger partial charge in [-0.3, -0.25) is 0 Å². The van der Waals surface area contributed by atoms with Crippen molar-refractivity contribution in [2.75, 3.05) is 13.1 Å². The summed E-state index contributed by atoms with van der Waals surface area (Å²) in [6, 6.07) is 7.87. The van der Waals surface area contributed by atoms with Crippen molar-refractivity contribution in [1.82, 2.24) is 4.90 Å². The molecule has 1 fully saturated rings. The fourth-order valence-electron chi connectivity index (χ4n) is 1.87. The Morgan fingerprint density at radius 3 is 2.94 bits per heavy atom. The molecule has 1 unspecified atom stereocenters. The van der Waals surface area contributed by atoms with Gasteiger partial charge in [-0.05, 0) is 24.6 Å². The predicted octanol–water partition coefficient (Wildman–Crippen LogP) is 2.12. The van der Waals surface area contributed by atoms with Gasteiger partial charge < -0.3 is 15.4 Å². The summed E-state index contributed by atoms with van der Waals surface area (Å²) in [6.07, 6.45) is 0.410. The third-order valence-corrected chi connectivity index (χ3v) is 3.53. The highest BCUT2D eigenvalue weighted by atomic mass is 79.9. The molecule has 2 rings (SSSR count). The first-order valence-electron chi connectivity index (χ1n) is 5.59. The second-order valence-electron chi connectivity index (χ2n) is 4.06. The number of carbonyl (C=O) groups is 1. The van der Waals surface area contributed by atoms with Crippen molar-refractivity contribution in [2.24, 2.45) is 5.73 Å². The molecule has 1 aliphatic heterocycles. The number of carbonyl (C=O) groups excluding carboxylic acids is 1. The molecule has 0 saturated carbocycles. The topological polar surface area (TPSA) is 55.6 Å². The van der Waals surface area contributed by atoms with E-state index < -0.39 is 0 Å². The molecule has 5 heteroatoms. The van der Waals surface area contributed by atoms with E-state index in [1.165, 1.54) is 0 Å². The van der Waals surface area contributed by atoms with E-state index in [4.69, 9.17) is 10.5 Å². The second-order valence-corrected chi connectivity index (χ2v) is 4.91. The van der Waals surface area contributed by atoms with E-state index in [0.29, 0.717) is 19.6 Å². The van der Waals surface area contributed by atoms with Gasteiger partial charge in [-0.1, -0.05) is 34.1 Å². The summed E-state index contributed by atoms with van der Waals surface area (Å²) in [4.78, 5) is 13.3. The smallest absolute Gasteiger partial charge is 0.410 e. The zero-order chi connectivity index (χ0) is 12.3. The molecule has 0 spiro atoms. The van der Waals surface area contributed by atoms with Crippen LogP contribution in [0.3, 0.4) is 0 Å². The van der Waals surface area contributed by atoms with Crippen LogP contribution in [0, 0.1) is 0 Å². The average molecular weight is 299 g/mol. The Hall–Kier alpha value is -1.07. The molecular formula is C12H15BrN2O2. The van der Waals surface area contributed by atoms with E-state index in [-0.39, 0.29) is 12.2 Å². The van der Waals surface area contributed by atoms with Gasteiger partial charge in [-0.15, -0.1) is 0 Å². The fraction of sp³-hybridized carbons (Fsp3) is 0.417. The van der Waals surface area contributed by atoms with Crippen LogP contribution in [-0.4, -0.2) is 30.2 Å². The number of amides is 1. The summed E-state index contributed by atoms with van der Waals surface area (Å²) in [7, 11) is 0. The van der Waals surface area contributed by atoms with Gasteiger partial charge in [0.05, 0.1) is 13.1 Å². The molecule has 0 bridgehead atoms. The average Bonchev–Trinajstić information content (AvgIpc) is 2.63. The highest BCUT2D eigenvalue weighted by Gasteiger charge is 2.30. The maximum absolute atomic E-state index is 11.6. The monoisotopic (exact) mass is 298 g/mol. The molecule has 1 aliphatic rings. The number of hydrogen-bond acceptors (Lipinski definition) is 3. The molecule has 1 aromatic rings. The lowest BCUT2D eigenvalue weighted by Crippen LogP contribution is -2.25. The van der Waals surface area contributed by atoms with Crippen molar-refractivity contribution in [1.29, 1.82) is 0 Å². The largest absolute Gasteiger partial charge is 0.444 e. The van der Waals surface area contributed by atoms with Gasteiger partial charge in [0, 0.05) is 4.47 Å². The SMILES string of the molecule is NCCC1CN(Cc2ccccc2Br)C(=O)O1. The first-order valence-corrected chi connectivity index (χ1v) is 6.39. The van der Waals surface area contributed by atoms with Gasteiger partial charge in [0.1, 0.15) is 6.10 Å². The minimum Gasteiger partial charge on any atom is -0.444 e. The van der Waals surface area contributed by atoms with E-state index in [9.17, 15) is 4.79 Å². The zero-order valence-electron chi connectivity index (χ0n) is 9.43. The Bertz CT molecular complexity index is 411. The number of cyclic esters (lactones) is 1. The molecule has 2 N–H and O–H groups in total. The van der Waals surface area contributed by atoms with Crippen LogP contribution in [0.5, 0.6) is 0 Å². The van der Waals surface area contributed by atoms with Gasteiger partial charge in [-0.25, -0.2) is 4.79 Å². The maximum Gasteiger partial charge on any atom is 0.410 e. The standard InChI is InChI=1S/C12H15BrN2O2/c13-11-4-2-1-3-9(11)7-15-8-10(5-6-14)17-12(15)16/h1-4,10H,5-8,14H2. The van der Waals surface area contributed by atoms with Crippen molar-refractivity contribution in [3.05, 3.63) is 34.3 Å². The first kappa shape index (κ1) is 12.4. The van der Waals surface area contributed by atoms with E-state index in [1.54, 1.807) is 4.90 Å². The molecule has 17 heavy (non-hydrogen) atoms. The molecule has 1 saturated heterocycles. The van der Waals surface area contributed by atoms with E-state index in [2.05, 4.69) is 15.9 Å². The summed E-state index contributed by atoms with van der Waals surface area (Å²) in [5.41, 5.74) is 6.54. The van der Waals surface area contributed by atoms with Crippen molar-refractivity contribution in [3.63, 3.8) is 0 Å². The molecule has 4 nitrogen and oxygen atoms in total. The number of rotatable bonds is 4. The molecule has 0 radical (unpaired) electrons. The minimum atomic E-state index is -0.251. The van der Waals surface area contributed by atoms with E-state index >= 15 is 0 Å². The van der Waals surface area contributed by atoms with Gasteiger partial charge in [0.25, 0.3) is 0 Å². The van der Waals surface area contributed by atoms with Gasteiger partial charge in [0.15, 0.2) is 0 Å². The summed E-state index contributed by atoms with van der Waals surface area (Å²) in [6.45, 7) is 1.74. The van der Waals surface area contributed by atoms with Crippen LogP contribution in [0.1, 0.15) is 12.0 Å². The molecule has 92 valence electrons. The fourth-order valence-corrected chi connectivity index (χ4v) is 2.28. The number of nitrogens with two attached hydrogens (primary N) is 1. The molecule has 1 amide bonds. The minimum absolute atomic E-state index is 0.0602. The van der Waals surface area contributed by atoms with Crippen LogP contribution >= 0.6 is 15.9 Å². The molecule has 0 aliphatic carbocycles. The van der Waals surface area contributed by atoms with Gasteiger partial charge in [0.2, 0.25) is 0 Å². The maximum atomic E-state index is 11.6. The molecule has 1 atom stereocenters. The van der Waals surface area contributed by atoms with Crippen LogP contribution in [-0.2, 0) is 11.3 Å². The number of nitrogens with zero attached hydrogens (tertiary/aromatic N) is 1. The van der Waals surface area contributed by atoms with E-state index in [1.807, 2.05) is 24.3 Å². The summed E-state index contributed by atoms with van der Waals surface area (Å²) in [5, 5.41) is 0. The number of benzene rings is 1. The molecular weight excluding hydrogens is 284 g/mol. The lowest BCUT2D eigenvalue weighted by atomic mass is 10.2. The van der Waals surface area contributed by atoms with Crippen LogP contribution in [0.25, 0.3) is 0 Å². The third kappa shape index (κ3) is 2.98. The van der Waals surface area contributed by atoms with Crippen LogP contribution in [0.15, 0.2) is 28.7 Å². The lowest BCUT2D eigenvalue weighted by molar-refractivity contribution is 0.129. The Morgan fingerprint density at radius 1 is 1.47 bits per heavy atom. The summed E-state index contributed by atoms with van der Waals surface area (Å²) < 4.78 is 6.23. The molecule has 0 aromatic heterocycles. The van der Waals surface area contributed by atoms with Gasteiger partial charge in [-0.2, -0.15) is 0 Å². The Morgan fingerprint density at radius 2 is 2.24 bits per heavy atom. The van der Waals surface area contributed by atoms with Crippen LogP contribution < -0.4 is 5.73 Å². The highest BCUT2D eigenvalue weighted by Crippen LogP contribution is 2.21. The highest BCUT2D eigenvalue weighted by molar-refractivity contribution is 9.10. The Balaban J connectivity index is 2.00. The Labute approximate surface area is 109 Å². The van der Waals surface area contributed by atoms with Gasteiger partial charge >= 0.3 is 6.09 Å². The number of halogens is 1. The quantitative estimate of drug-likeness (QED) is 0.926. The van der Waals surface area contributed by atoms with Crippen molar-refractivity contribution < 1.29 is 9.53 Å². The summed E-state index contributed by atoms with van der Waals surface area (Å²) in [5.74, 6) is 0. The predicted molar refractivity (Wildman–Crippen MR) is 68.5 cm³/mol. The number of hydrogen-bond donors (Lipinski definition) is 1. The lowest BCUT2D eigenvalue weighted by Gasteiger charge is -2.13. The number of ether oxygens (including phenoxy) is 1. The van der Waals surface area contributed by atoms with Crippen LogP contribution in [0.4, 0.5) is 4.79 Å². The van der Waals surface area contributed by atoms with E-state index in [0.717, 1.165) is 16.5 Å². The normalized spacial score (nSPS) is 19.5. The molecule has 1 aromatic carbocycles. The summed E-state index contributed by atoms with van der Waals surface area (Å²) >= 11 is 3.47. The first-order chi connectivity index (χ1) is 8.20. The second kappa shape index (κ2) is 5.51. The van der Waals surface area contributed by atoms with Crippen molar-refractivity contribution in [2.45, 2.75) is 19.1 Å². The Kier molecular flexibility index (Phi) is 4.02. The third-order valence-electron chi connectivity index (χ3n) is 2.76. The van der Waals surface area contributed by atoms with Crippen molar-refractivity contribution in [3.8, 4) is 0 Å². The van der Waals surface area contributed by atoms with Crippen molar-refractivity contribution >= 4 is 22.0 Å². The zero-order valence-corrected chi connectivity index (χ0v) is 11.0. The molecule has 1 heterocycles.